The molecule has 0 bridgehead atoms. The van der Waals surface area contributed by atoms with Gasteiger partial charge in [0.1, 0.15) is 0 Å². The molecule has 1 aromatic heterocycles. The molecule has 1 aliphatic rings. The molecule has 2 heterocycles. The molecule has 0 fully saturated rings. The van der Waals surface area contributed by atoms with E-state index in [1.165, 1.54) is 30.3 Å². The largest absolute Gasteiger partial charge is 0.454 e. The van der Waals surface area contributed by atoms with Crippen LogP contribution in [-0.4, -0.2) is 28.2 Å². The predicted octanol–water partition coefficient (Wildman–Crippen LogP) is 1.48. The van der Waals surface area contributed by atoms with Crippen molar-refractivity contribution in [3.63, 3.8) is 0 Å². The Bertz CT molecular complexity index is 1520. The van der Waals surface area contributed by atoms with Crippen LogP contribution in [-0.2, 0) is 0 Å². The number of hydrogen-bond acceptors (Lipinski definition) is 6. The molecule has 5 rings (SSSR count). The van der Waals surface area contributed by atoms with Crippen molar-refractivity contribution in [2.24, 2.45) is 0 Å². The number of nitrogens with one attached hydrogen (secondary N) is 3. The first-order valence-electron chi connectivity index (χ1n) is 9.86. The SMILES string of the molecule is O=C(NNC(=O)c1ccc2c(=O)n(-c3ccccc3)c(=O)[nH]c2c1)c1ccc2c(c1)OCO2. The van der Waals surface area contributed by atoms with Crippen molar-refractivity contribution in [2.75, 3.05) is 6.79 Å². The predicted molar refractivity (Wildman–Crippen MR) is 118 cm³/mol. The van der Waals surface area contributed by atoms with Crippen LogP contribution in [0.1, 0.15) is 20.7 Å². The lowest BCUT2D eigenvalue weighted by atomic mass is 10.1. The fourth-order valence-corrected chi connectivity index (χ4v) is 3.47. The summed E-state index contributed by atoms with van der Waals surface area (Å²) in [5.41, 5.74) is 4.52. The van der Waals surface area contributed by atoms with Gasteiger partial charge in [-0.2, -0.15) is 0 Å². The maximum Gasteiger partial charge on any atom is 0.333 e. The molecule has 0 atom stereocenters. The second kappa shape index (κ2) is 8.00. The van der Waals surface area contributed by atoms with E-state index < -0.39 is 23.1 Å². The highest BCUT2D eigenvalue weighted by Gasteiger charge is 2.17. The molecular weight excluding hydrogens is 428 g/mol. The lowest BCUT2D eigenvalue weighted by molar-refractivity contribution is 0.0846. The first-order chi connectivity index (χ1) is 16.0. The summed E-state index contributed by atoms with van der Waals surface area (Å²) in [5, 5.41) is 0.236. The van der Waals surface area contributed by atoms with Crippen molar-refractivity contribution in [1.82, 2.24) is 20.4 Å². The quantitative estimate of drug-likeness (QED) is 0.410. The Balaban J connectivity index is 1.36. The normalized spacial score (nSPS) is 11.9. The van der Waals surface area contributed by atoms with Gasteiger partial charge in [0.15, 0.2) is 11.5 Å². The van der Waals surface area contributed by atoms with Gasteiger partial charge in [-0.15, -0.1) is 0 Å². The third-order valence-corrected chi connectivity index (χ3v) is 5.10. The number of H-pyrrole nitrogens is 1. The molecule has 33 heavy (non-hydrogen) atoms. The minimum absolute atomic E-state index is 0.0810. The van der Waals surface area contributed by atoms with Crippen molar-refractivity contribution < 1.29 is 19.1 Å². The Morgan fingerprint density at radius 2 is 1.48 bits per heavy atom. The standard InChI is InChI=1S/C23H16N4O6/c28-20(25-26-21(29)14-7-9-18-19(11-14)33-12-32-18)13-6-8-16-17(10-13)24-23(31)27(22(16)30)15-4-2-1-3-5-15/h1-11H,12H2,(H,24,31)(H,25,28)(H,26,29). The Morgan fingerprint density at radius 1 is 0.818 bits per heavy atom. The zero-order chi connectivity index (χ0) is 22.9. The summed E-state index contributed by atoms with van der Waals surface area (Å²) in [7, 11) is 0. The summed E-state index contributed by atoms with van der Waals surface area (Å²) in [6.45, 7) is 0.0810. The molecule has 1 aliphatic heterocycles. The maximum atomic E-state index is 12.8. The number of rotatable bonds is 3. The number of aromatic nitrogens is 2. The van der Waals surface area contributed by atoms with Crippen LogP contribution in [0, 0.1) is 0 Å². The van der Waals surface area contributed by atoms with E-state index >= 15 is 0 Å². The lowest BCUT2D eigenvalue weighted by Crippen LogP contribution is -2.41. The van der Waals surface area contributed by atoms with Gasteiger partial charge >= 0.3 is 5.69 Å². The minimum Gasteiger partial charge on any atom is -0.454 e. The molecule has 0 unspecified atom stereocenters. The molecule has 10 heteroatoms. The van der Waals surface area contributed by atoms with Gasteiger partial charge in [0.25, 0.3) is 17.4 Å². The van der Waals surface area contributed by atoms with Crippen LogP contribution in [0.4, 0.5) is 0 Å². The van der Waals surface area contributed by atoms with E-state index in [0.29, 0.717) is 17.2 Å². The van der Waals surface area contributed by atoms with E-state index in [4.69, 9.17) is 9.47 Å². The average molecular weight is 444 g/mol. The molecule has 0 radical (unpaired) electrons. The fraction of sp³-hybridized carbons (Fsp3) is 0.0435. The second-order valence-electron chi connectivity index (χ2n) is 7.14. The number of fused-ring (bicyclic) bond motifs is 2. The summed E-state index contributed by atoms with van der Waals surface area (Å²) in [6.07, 6.45) is 0. The number of hydrazine groups is 1. The Hall–Kier alpha value is -4.86. The van der Waals surface area contributed by atoms with Crippen molar-refractivity contribution in [2.45, 2.75) is 0 Å². The molecular formula is C23H16N4O6. The van der Waals surface area contributed by atoms with Crippen LogP contribution in [0.25, 0.3) is 16.6 Å². The summed E-state index contributed by atoms with van der Waals surface area (Å²) in [6, 6.07) is 17.4. The van der Waals surface area contributed by atoms with Gasteiger partial charge in [-0.25, -0.2) is 9.36 Å². The monoisotopic (exact) mass is 444 g/mol. The number of benzene rings is 3. The highest BCUT2D eigenvalue weighted by atomic mass is 16.7. The molecule has 2 amide bonds. The Morgan fingerprint density at radius 3 is 2.24 bits per heavy atom. The third-order valence-electron chi connectivity index (χ3n) is 5.10. The summed E-state index contributed by atoms with van der Waals surface area (Å²) in [5.74, 6) is -0.207. The van der Waals surface area contributed by atoms with Gasteiger partial charge in [0.2, 0.25) is 6.79 Å². The van der Waals surface area contributed by atoms with Crippen molar-refractivity contribution >= 4 is 22.7 Å². The zero-order valence-electron chi connectivity index (χ0n) is 17.0. The average Bonchev–Trinajstić information content (AvgIpc) is 3.30. The highest BCUT2D eigenvalue weighted by molar-refractivity contribution is 6.01. The number of amides is 2. The number of para-hydroxylation sites is 1. The molecule has 0 saturated carbocycles. The highest BCUT2D eigenvalue weighted by Crippen LogP contribution is 2.32. The van der Waals surface area contributed by atoms with Crippen LogP contribution in [0.2, 0.25) is 0 Å². The molecule has 10 nitrogen and oxygen atoms in total. The van der Waals surface area contributed by atoms with Gasteiger partial charge < -0.3 is 14.5 Å². The number of ether oxygens (including phenoxy) is 2. The van der Waals surface area contributed by atoms with Gasteiger partial charge in [-0.1, -0.05) is 18.2 Å². The van der Waals surface area contributed by atoms with E-state index in [0.717, 1.165) is 4.57 Å². The van der Waals surface area contributed by atoms with Crippen LogP contribution >= 0.6 is 0 Å². The number of carbonyl (C=O) groups excluding carboxylic acids is 2. The molecule has 4 aromatic rings. The van der Waals surface area contributed by atoms with Crippen LogP contribution in [0.5, 0.6) is 11.5 Å². The Kier molecular flexibility index (Phi) is 4.87. The topological polar surface area (TPSA) is 132 Å². The first kappa shape index (κ1) is 20.1. The summed E-state index contributed by atoms with van der Waals surface area (Å²) >= 11 is 0. The van der Waals surface area contributed by atoms with Crippen LogP contribution in [0.15, 0.2) is 76.3 Å². The third kappa shape index (κ3) is 3.69. The number of hydrogen-bond donors (Lipinski definition) is 3. The lowest BCUT2D eigenvalue weighted by Gasteiger charge is -2.09. The summed E-state index contributed by atoms with van der Waals surface area (Å²) in [4.78, 5) is 52.9. The second-order valence-corrected chi connectivity index (χ2v) is 7.14. The molecule has 3 aromatic carbocycles. The smallest absolute Gasteiger partial charge is 0.333 e. The van der Waals surface area contributed by atoms with E-state index in [9.17, 15) is 19.2 Å². The van der Waals surface area contributed by atoms with Gasteiger partial charge in [0.05, 0.1) is 16.6 Å². The molecule has 0 aliphatic carbocycles. The van der Waals surface area contributed by atoms with Gasteiger partial charge in [0, 0.05) is 11.1 Å². The molecule has 0 spiro atoms. The number of nitrogens with zero attached hydrogens (tertiary/aromatic N) is 1. The van der Waals surface area contributed by atoms with Crippen molar-refractivity contribution in [3.8, 4) is 17.2 Å². The van der Waals surface area contributed by atoms with Crippen LogP contribution in [0.3, 0.4) is 0 Å². The fourth-order valence-electron chi connectivity index (χ4n) is 3.47. The van der Waals surface area contributed by atoms with Crippen molar-refractivity contribution in [1.29, 1.82) is 0 Å². The number of carbonyl (C=O) groups is 2. The van der Waals surface area contributed by atoms with Crippen molar-refractivity contribution in [3.05, 3.63) is 98.7 Å². The van der Waals surface area contributed by atoms with E-state index in [1.807, 2.05) is 0 Å². The van der Waals surface area contributed by atoms with Gasteiger partial charge in [-0.05, 0) is 48.5 Å². The molecule has 164 valence electrons. The molecule has 3 N–H and O–H groups in total. The number of aromatic amines is 1. The minimum atomic E-state index is -0.632. The molecule has 0 saturated heterocycles. The Labute approximate surface area is 185 Å². The van der Waals surface area contributed by atoms with E-state index in [1.54, 1.807) is 36.4 Å². The first-order valence-corrected chi connectivity index (χ1v) is 9.86. The van der Waals surface area contributed by atoms with E-state index in [2.05, 4.69) is 15.8 Å². The summed E-state index contributed by atoms with van der Waals surface area (Å²) < 4.78 is 11.5. The zero-order valence-corrected chi connectivity index (χ0v) is 17.0. The maximum absolute atomic E-state index is 12.8. The van der Waals surface area contributed by atoms with Crippen LogP contribution < -0.4 is 31.6 Å². The van der Waals surface area contributed by atoms with Gasteiger partial charge in [-0.3, -0.25) is 25.2 Å². The van der Waals surface area contributed by atoms with E-state index in [-0.39, 0.29) is 28.8 Å².